The highest BCUT2D eigenvalue weighted by molar-refractivity contribution is 7.18. The van der Waals surface area contributed by atoms with Crippen LogP contribution in [-0.4, -0.2) is 21.0 Å². The molecule has 84 valence electrons. The second-order valence-electron chi connectivity index (χ2n) is 4.35. The molecule has 1 fully saturated rings. The monoisotopic (exact) mass is 234 g/mol. The number of nitrogens with two attached hydrogens (primary N) is 1. The van der Waals surface area contributed by atoms with Crippen molar-refractivity contribution in [3.8, 4) is 0 Å². The van der Waals surface area contributed by atoms with E-state index in [9.17, 15) is 0 Å². The molecular weight excluding hydrogens is 220 g/mol. The highest BCUT2D eigenvalue weighted by atomic mass is 32.1. The summed E-state index contributed by atoms with van der Waals surface area (Å²) in [5.74, 6) is 0.570. The normalized spacial score (nSPS) is 26.1. The van der Waals surface area contributed by atoms with E-state index < -0.39 is 0 Å². The van der Waals surface area contributed by atoms with Gasteiger partial charge in [-0.05, 0) is 25.7 Å². The Labute approximate surface area is 97.9 Å². The zero-order valence-corrected chi connectivity index (χ0v) is 9.78. The van der Waals surface area contributed by atoms with Crippen molar-refractivity contribution in [3.63, 3.8) is 0 Å². The average Bonchev–Trinajstić information content (AvgIpc) is 2.73. The first-order chi connectivity index (χ1) is 7.83. The maximum absolute atomic E-state index is 5.91. The van der Waals surface area contributed by atoms with Crippen LogP contribution in [-0.2, 0) is 0 Å². The summed E-state index contributed by atoms with van der Waals surface area (Å²) < 4.78 is 0. The molecule has 0 saturated heterocycles. The molecule has 0 bridgehead atoms. The molecule has 16 heavy (non-hydrogen) atoms. The van der Waals surface area contributed by atoms with Gasteiger partial charge in [0.1, 0.15) is 5.01 Å². The Bertz CT molecular complexity index is 454. The van der Waals surface area contributed by atoms with Gasteiger partial charge in [-0.3, -0.25) is 0 Å². The van der Waals surface area contributed by atoms with Crippen molar-refractivity contribution >= 4 is 21.8 Å². The fraction of sp³-hybridized carbons (Fsp3) is 0.545. The highest BCUT2D eigenvalue weighted by Crippen LogP contribution is 2.35. The Balaban J connectivity index is 1.88. The molecule has 1 saturated carbocycles. The summed E-state index contributed by atoms with van der Waals surface area (Å²) in [7, 11) is 0. The number of fused-ring (bicyclic) bond motifs is 1. The summed E-state index contributed by atoms with van der Waals surface area (Å²) in [6.07, 6.45) is 7.95. The SMILES string of the molecule is NC1CCC(c2nc3nccnc3s2)CC1. The second-order valence-corrected chi connectivity index (χ2v) is 5.36. The van der Waals surface area contributed by atoms with E-state index in [1.165, 1.54) is 5.01 Å². The predicted octanol–water partition coefficient (Wildman–Crippen LogP) is 2.07. The lowest BCUT2D eigenvalue weighted by molar-refractivity contribution is 0.395. The van der Waals surface area contributed by atoms with Gasteiger partial charge in [-0.25, -0.2) is 15.0 Å². The molecule has 0 atom stereocenters. The number of thiazole rings is 1. The molecule has 0 spiro atoms. The molecule has 0 unspecified atom stereocenters. The molecule has 1 aliphatic carbocycles. The Morgan fingerprint density at radius 3 is 2.62 bits per heavy atom. The molecule has 4 nitrogen and oxygen atoms in total. The molecule has 0 amide bonds. The molecule has 3 rings (SSSR count). The van der Waals surface area contributed by atoms with Gasteiger partial charge in [0, 0.05) is 24.4 Å². The first kappa shape index (κ1) is 10.1. The van der Waals surface area contributed by atoms with E-state index >= 15 is 0 Å². The first-order valence-electron chi connectivity index (χ1n) is 5.66. The van der Waals surface area contributed by atoms with E-state index in [2.05, 4.69) is 15.0 Å². The van der Waals surface area contributed by atoms with E-state index in [1.807, 2.05) is 0 Å². The van der Waals surface area contributed by atoms with Crippen LogP contribution in [0.15, 0.2) is 12.4 Å². The van der Waals surface area contributed by atoms with Crippen molar-refractivity contribution in [2.75, 3.05) is 0 Å². The van der Waals surface area contributed by atoms with Crippen LogP contribution in [0.4, 0.5) is 0 Å². The smallest absolute Gasteiger partial charge is 0.189 e. The lowest BCUT2D eigenvalue weighted by Gasteiger charge is -2.24. The number of hydrogen-bond donors (Lipinski definition) is 1. The largest absolute Gasteiger partial charge is 0.328 e. The number of rotatable bonds is 1. The second kappa shape index (κ2) is 4.07. The van der Waals surface area contributed by atoms with Crippen LogP contribution in [0.3, 0.4) is 0 Å². The summed E-state index contributed by atoms with van der Waals surface area (Å²) in [5, 5.41) is 1.19. The molecule has 2 N–H and O–H groups in total. The van der Waals surface area contributed by atoms with E-state index in [4.69, 9.17) is 5.73 Å². The number of hydrogen-bond acceptors (Lipinski definition) is 5. The van der Waals surface area contributed by atoms with Gasteiger partial charge in [0.15, 0.2) is 10.5 Å². The Morgan fingerprint density at radius 1 is 1.12 bits per heavy atom. The third-order valence-electron chi connectivity index (χ3n) is 3.18. The van der Waals surface area contributed by atoms with E-state index in [-0.39, 0.29) is 0 Å². The summed E-state index contributed by atoms with van der Waals surface area (Å²) in [6.45, 7) is 0. The lowest BCUT2D eigenvalue weighted by atomic mass is 9.87. The van der Waals surface area contributed by atoms with Gasteiger partial charge in [-0.15, -0.1) is 0 Å². The Morgan fingerprint density at radius 2 is 1.88 bits per heavy atom. The van der Waals surface area contributed by atoms with Gasteiger partial charge in [0.05, 0.1) is 0 Å². The fourth-order valence-electron chi connectivity index (χ4n) is 2.23. The molecule has 2 heterocycles. The minimum Gasteiger partial charge on any atom is -0.328 e. The first-order valence-corrected chi connectivity index (χ1v) is 6.47. The summed E-state index contributed by atoms with van der Waals surface area (Å²) in [4.78, 5) is 14.0. The Hall–Kier alpha value is -1.07. The van der Waals surface area contributed by atoms with Gasteiger partial charge >= 0.3 is 0 Å². The van der Waals surface area contributed by atoms with Crippen LogP contribution in [0.5, 0.6) is 0 Å². The van der Waals surface area contributed by atoms with Crippen LogP contribution in [0.1, 0.15) is 36.6 Å². The standard InChI is InChI=1S/C11H14N4S/c12-8-3-1-7(2-4-8)10-15-9-11(16-10)14-6-5-13-9/h5-8H,1-4,12H2. The molecule has 1 aliphatic rings. The van der Waals surface area contributed by atoms with Crippen LogP contribution < -0.4 is 5.73 Å². The maximum Gasteiger partial charge on any atom is 0.189 e. The van der Waals surface area contributed by atoms with Gasteiger partial charge < -0.3 is 5.73 Å². The third-order valence-corrected chi connectivity index (χ3v) is 4.30. The molecule has 0 aliphatic heterocycles. The topological polar surface area (TPSA) is 64.7 Å². The average molecular weight is 234 g/mol. The summed E-state index contributed by atoms with van der Waals surface area (Å²) in [6, 6.07) is 0.391. The molecular formula is C11H14N4S. The molecule has 5 heteroatoms. The molecule has 2 aromatic heterocycles. The van der Waals surface area contributed by atoms with Crippen molar-refractivity contribution in [1.82, 2.24) is 15.0 Å². The van der Waals surface area contributed by atoms with Crippen LogP contribution >= 0.6 is 11.3 Å². The molecule has 0 aromatic carbocycles. The van der Waals surface area contributed by atoms with Crippen molar-refractivity contribution in [2.24, 2.45) is 5.73 Å². The van der Waals surface area contributed by atoms with E-state index in [1.54, 1.807) is 23.7 Å². The third kappa shape index (κ3) is 1.81. The van der Waals surface area contributed by atoms with E-state index in [0.717, 1.165) is 36.2 Å². The fourth-order valence-corrected chi connectivity index (χ4v) is 3.27. The Kier molecular flexibility index (Phi) is 2.57. The van der Waals surface area contributed by atoms with Crippen molar-refractivity contribution < 1.29 is 0 Å². The molecule has 2 aromatic rings. The highest BCUT2D eigenvalue weighted by Gasteiger charge is 2.23. The van der Waals surface area contributed by atoms with Crippen LogP contribution in [0.2, 0.25) is 0 Å². The van der Waals surface area contributed by atoms with Crippen molar-refractivity contribution in [1.29, 1.82) is 0 Å². The van der Waals surface area contributed by atoms with Gasteiger partial charge in [0.2, 0.25) is 0 Å². The number of nitrogens with zero attached hydrogens (tertiary/aromatic N) is 3. The van der Waals surface area contributed by atoms with Crippen LogP contribution in [0, 0.1) is 0 Å². The summed E-state index contributed by atoms with van der Waals surface area (Å²) in [5.41, 5.74) is 6.70. The van der Waals surface area contributed by atoms with Crippen LogP contribution in [0.25, 0.3) is 10.5 Å². The minimum atomic E-state index is 0.391. The van der Waals surface area contributed by atoms with E-state index in [0.29, 0.717) is 12.0 Å². The lowest BCUT2D eigenvalue weighted by Crippen LogP contribution is -2.25. The quantitative estimate of drug-likeness (QED) is 0.820. The zero-order chi connectivity index (χ0) is 11.0. The zero-order valence-electron chi connectivity index (χ0n) is 8.97. The van der Waals surface area contributed by atoms with Crippen molar-refractivity contribution in [3.05, 3.63) is 17.4 Å². The predicted molar refractivity (Wildman–Crippen MR) is 64.4 cm³/mol. The van der Waals surface area contributed by atoms with Crippen molar-refractivity contribution in [2.45, 2.75) is 37.6 Å². The van der Waals surface area contributed by atoms with Gasteiger partial charge in [-0.2, -0.15) is 0 Å². The molecule has 0 radical (unpaired) electrons. The van der Waals surface area contributed by atoms with Gasteiger partial charge in [0.25, 0.3) is 0 Å². The van der Waals surface area contributed by atoms with Gasteiger partial charge in [-0.1, -0.05) is 11.3 Å². The number of aromatic nitrogens is 3. The maximum atomic E-state index is 5.91. The summed E-state index contributed by atoms with van der Waals surface area (Å²) >= 11 is 1.68. The minimum absolute atomic E-state index is 0.391.